The van der Waals surface area contributed by atoms with Crippen LogP contribution in [0.25, 0.3) is 0 Å². The second kappa shape index (κ2) is 3.49. The van der Waals surface area contributed by atoms with Gasteiger partial charge in [0.15, 0.2) is 0 Å². The van der Waals surface area contributed by atoms with Crippen molar-refractivity contribution < 1.29 is 17.9 Å². The zero-order chi connectivity index (χ0) is 8.20. The van der Waals surface area contributed by atoms with E-state index in [9.17, 15) is 13.2 Å². The molecule has 0 aromatic rings. The van der Waals surface area contributed by atoms with Crippen LogP contribution in [-0.2, 0) is 4.74 Å². The Balaban J connectivity index is 3.29. The molecule has 0 spiro atoms. The summed E-state index contributed by atoms with van der Waals surface area (Å²) in [6.45, 7) is 4.46. The van der Waals surface area contributed by atoms with Gasteiger partial charge in [0, 0.05) is 0 Å². The monoisotopic (exact) mass is 154 g/mol. The van der Waals surface area contributed by atoms with Gasteiger partial charge in [0.1, 0.15) is 0 Å². The molecule has 10 heavy (non-hydrogen) atoms. The van der Waals surface area contributed by atoms with Crippen LogP contribution in [0.1, 0.15) is 13.3 Å². The van der Waals surface area contributed by atoms with Crippen molar-refractivity contribution in [3.05, 3.63) is 12.3 Å². The number of rotatable bonds is 3. The number of ether oxygens (including phenoxy) is 1. The Hall–Kier alpha value is -0.670. The lowest BCUT2D eigenvalue weighted by molar-refractivity contribution is -0.142. The van der Waals surface area contributed by atoms with Gasteiger partial charge in [-0.1, -0.05) is 6.58 Å². The summed E-state index contributed by atoms with van der Waals surface area (Å²) in [5.41, 5.74) is 0. The highest BCUT2D eigenvalue weighted by Crippen LogP contribution is 2.19. The Bertz CT molecular complexity index is 117. The molecule has 0 aliphatic carbocycles. The average Bonchev–Trinajstić information content (AvgIpc) is 1.59. The first kappa shape index (κ1) is 9.33. The van der Waals surface area contributed by atoms with Crippen LogP contribution in [0, 0.1) is 0 Å². The van der Waals surface area contributed by atoms with Gasteiger partial charge < -0.3 is 4.74 Å². The molecular formula is C6H9F3O. The first-order chi connectivity index (χ1) is 4.42. The van der Waals surface area contributed by atoms with Gasteiger partial charge in [-0.05, 0) is 6.92 Å². The molecule has 0 aliphatic rings. The molecule has 4 heteroatoms. The summed E-state index contributed by atoms with van der Waals surface area (Å²) in [6, 6.07) is 0. The molecule has 0 unspecified atom stereocenters. The third-order valence-electron chi connectivity index (χ3n) is 0.734. The van der Waals surface area contributed by atoms with Gasteiger partial charge >= 0.3 is 6.18 Å². The lowest BCUT2D eigenvalue weighted by Gasteiger charge is -2.06. The summed E-state index contributed by atoms with van der Waals surface area (Å²) >= 11 is 0. The molecule has 0 fully saturated rings. The minimum Gasteiger partial charge on any atom is -0.499 e. The van der Waals surface area contributed by atoms with Gasteiger partial charge in [-0.3, -0.25) is 0 Å². The van der Waals surface area contributed by atoms with Gasteiger partial charge in [0.2, 0.25) is 0 Å². The van der Waals surface area contributed by atoms with Gasteiger partial charge in [0.25, 0.3) is 0 Å². The minimum absolute atomic E-state index is 0.309. The van der Waals surface area contributed by atoms with Crippen LogP contribution >= 0.6 is 0 Å². The minimum atomic E-state index is -4.13. The van der Waals surface area contributed by atoms with Crippen molar-refractivity contribution in [2.24, 2.45) is 0 Å². The zero-order valence-corrected chi connectivity index (χ0v) is 5.66. The molecule has 0 atom stereocenters. The summed E-state index contributed by atoms with van der Waals surface area (Å²) in [5.74, 6) is 0.309. The maximum absolute atomic E-state index is 11.4. The summed E-state index contributed by atoms with van der Waals surface area (Å²) in [4.78, 5) is 0. The van der Waals surface area contributed by atoms with Gasteiger partial charge in [-0.25, -0.2) is 0 Å². The van der Waals surface area contributed by atoms with Crippen LogP contribution in [0.4, 0.5) is 13.2 Å². The molecule has 0 saturated carbocycles. The molecule has 0 bridgehead atoms. The van der Waals surface area contributed by atoms with E-state index in [1.165, 1.54) is 6.92 Å². The van der Waals surface area contributed by atoms with Crippen molar-refractivity contribution in [3.63, 3.8) is 0 Å². The molecule has 0 N–H and O–H groups in total. The first-order valence-corrected chi connectivity index (χ1v) is 2.77. The fourth-order valence-electron chi connectivity index (χ4n) is 0.341. The summed E-state index contributed by atoms with van der Waals surface area (Å²) < 4.78 is 38.7. The summed E-state index contributed by atoms with van der Waals surface area (Å²) in [6.07, 6.45) is -5.05. The van der Waals surface area contributed by atoms with E-state index in [1.54, 1.807) is 0 Å². The smallest absolute Gasteiger partial charge is 0.392 e. The summed E-state index contributed by atoms with van der Waals surface area (Å²) in [7, 11) is 0. The molecule has 1 nitrogen and oxygen atoms in total. The lowest BCUT2D eigenvalue weighted by atomic mass is 10.4. The molecule has 0 heterocycles. The van der Waals surface area contributed by atoms with E-state index in [-0.39, 0.29) is 6.61 Å². The van der Waals surface area contributed by atoms with Crippen LogP contribution < -0.4 is 0 Å². The van der Waals surface area contributed by atoms with Gasteiger partial charge in [-0.2, -0.15) is 13.2 Å². The lowest BCUT2D eigenvalue weighted by Crippen LogP contribution is -2.10. The van der Waals surface area contributed by atoms with E-state index in [1.807, 2.05) is 0 Å². The molecule has 0 saturated heterocycles. The number of allylic oxidation sites excluding steroid dienone is 1. The maximum Gasteiger partial charge on any atom is 0.392 e. The molecule has 0 amide bonds. The normalized spacial score (nSPS) is 11.2. The van der Waals surface area contributed by atoms with Crippen molar-refractivity contribution in [1.29, 1.82) is 0 Å². The van der Waals surface area contributed by atoms with Crippen LogP contribution in [0.3, 0.4) is 0 Å². The Kier molecular flexibility index (Phi) is 3.25. The molecule has 0 aromatic carbocycles. The van der Waals surface area contributed by atoms with Gasteiger partial charge in [-0.15, -0.1) is 0 Å². The van der Waals surface area contributed by atoms with E-state index in [0.717, 1.165) is 0 Å². The highest BCUT2D eigenvalue weighted by Gasteiger charge is 2.26. The Morgan fingerprint density at radius 1 is 1.50 bits per heavy atom. The van der Waals surface area contributed by atoms with E-state index >= 15 is 0 Å². The molecule has 0 rings (SSSR count). The SMILES string of the molecule is C=C(C)OCCC(F)(F)F. The van der Waals surface area contributed by atoms with Crippen LogP contribution in [0.5, 0.6) is 0 Å². The molecule has 0 aliphatic heterocycles. The van der Waals surface area contributed by atoms with Crippen molar-refractivity contribution in [3.8, 4) is 0 Å². The van der Waals surface area contributed by atoms with Crippen LogP contribution in [0.15, 0.2) is 12.3 Å². The number of alkyl halides is 3. The second-order valence-electron chi connectivity index (χ2n) is 1.92. The van der Waals surface area contributed by atoms with Crippen LogP contribution in [0.2, 0.25) is 0 Å². The summed E-state index contributed by atoms with van der Waals surface area (Å²) in [5, 5.41) is 0. The Morgan fingerprint density at radius 3 is 2.30 bits per heavy atom. The van der Waals surface area contributed by atoms with Crippen molar-refractivity contribution >= 4 is 0 Å². The predicted molar refractivity (Wildman–Crippen MR) is 31.4 cm³/mol. The maximum atomic E-state index is 11.4. The number of halogens is 3. The van der Waals surface area contributed by atoms with Gasteiger partial charge in [0.05, 0.1) is 18.8 Å². The fraction of sp³-hybridized carbons (Fsp3) is 0.667. The molecule has 60 valence electrons. The average molecular weight is 154 g/mol. The third-order valence-corrected chi connectivity index (χ3v) is 0.734. The standard InChI is InChI=1S/C6H9F3O/c1-5(2)10-4-3-6(7,8)9/h1,3-4H2,2H3. The van der Waals surface area contributed by atoms with E-state index in [2.05, 4.69) is 11.3 Å². The fourth-order valence-corrected chi connectivity index (χ4v) is 0.341. The Labute approximate surface area is 57.5 Å². The molecule has 0 aromatic heterocycles. The molecular weight excluding hydrogens is 145 g/mol. The van der Waals surface area contributed by atoms with E-state index in [0.29, 0.717) is 5.76 Å². The highest BCUT2D eigenvalue weighted by molar-refractivity contribution is 4.73. The Morgan fingerprint density at radius 2 is 2.00 bits per heavy atom. The zero-order valence-electron chi connectivity index (χ0n) is 5.66. The quantitative estimate of drug-likeness (QED) is 0.567. The largest absolute Gasteiger partial charge is 0.499 e. The highest BCUT2D eigenvalue weighted by atomic mass is 19.4. The van der Waals surface area contributed by atoms with Crippen molar-refractivity contribution in [1.82, 2.24) is 0 Å². The van der Waals surface area contributed by atoms with E-state index in [4.69, 9.17) is 0 Å². The number of hydrogen-bond donors (Lipinski definition) is 0. The van der Waals surface area contributed by atoms with Crippen LogP contribution in [-0.4, -0.2) is 12.8 Å². The van der Waals surface area contributed by atoms with Crippen molar-refractivity contribution in [2.75, 3.05) is 6.61 Å². The topological polar surface area (TPSA) is 9.23 Å². The second-order valence-corrected chi connectivity index (χ2v) is 1.92. The predicted octanol–water partition coefficient (Wildman–Crippen LogP) is 2.49. The van der Waals surface area contributed by atoms with Crippen molar-refractivity contribution in [2.45, 2.75) is 19.5 Å². The molecule has 0 radical (unpaired) electrons. The van der Waals surface area contributed by atoms with E-state index < -0.39 is 12.6 Å². The third kappa shape index (κ3) is 7.33. The number of hydrogen-bond acceptors (Lipinski definition) is 1. The first-order valence-electron chi connectivity index (χ1n) is 2.77.